The maximum atomic E-state index is 5.55. The number of nitrogens with zero attached hydrogens (tertiary/aromatic N) is 2. The highest BCUT2D eigenvalue weighted by atomic mass is 32.1. The summed E-state index contributed by atoms with van der Waals surface area (Å²) in [6.45, 7) is 13.4. The zero-order valence-electron chi connectivity index (χ0n) is 22.8. The zero-order chi connectivity index (χ0) is 27.2. The second kappa shape index (κ2) is 9.68. The highest BCUT2D eigenvalue weighted by molar-refractivity contribution is 7.71. The van der Waals surface area contributed by atoms with Crippen LogP contribution in [0.1, 0.15) is 52.7 Å². The molecule has 0 amide bonds. The van der Waals surface area contributed by atoms with Gasteiger partial charge in [0, 0.05) is 23.3 Å². The summed E-state index contributed by atoms with van der Waals surface area (Å²) in [4.78, 5) is 0. The molecule has 194 valence electrons. The lowest BCUT2D eigenvalue weighted by atomic mass is 9.86. The third-order valence-corrected chi connectivity index (χ3v) is 7.32. The zero-order valence-corrected chi connectivity index (χ0v) is 24.4. The van der Waals surface area contributed by atoms with E-state index in [1.165, 1.54) is 11.1 Å². The Balaban J connectivity index is 1.56. The van der Waals surface area contributed by atoms with Crippen LogP contribution in [0.3, 0.4) is 0 Å². The van der Waals surface area contributed by atoms with Gasteiger partial charge in [0.15, 0.2) is 0 Å². The molecule has 38 heavy (non-hydrogen) atoms. The van der Waals surface area contributed by atoms with Crippen LogP contribution >= 0.6 is 24.4 Å². The lowest BCUT2D eigenvalue weighted by molar-refractivity contribution is 0.590. The molecule has 0 radical (unpaired) electrons. The maximum Gasteiger partial charge on any atom is 0.120 e. The normalized spacial score (nSPS) is 12.2. The number of aromatic nitrogens is 4. The summed E-state index contributed by atoms with van der Waals surface area (Å²) in [6, 6.07) is 29.8. The second-order valence-corrected chi connectivity index (χ2v) is 12.7. The number of benzene rings is 3. The SMILES string of the molecule is CC(C)(C)c1ccc(-c2cc(=S)[nH]n2-c2cccc(-n3[nH]c(=S)cc3-c3ccc(C(C)(C)C)cc3)c2)cc1. The van der Waals surface area contributed by atoms with Crippen LogP contribution in [-0.4, -0.2) is 19.6 Å². The highest BCUT2D eigenvalue weighted by Crippen LogP contribution is 2.30. The Morgan fingerprint density at radius 1 is 0.526 bits per heavy atom. The molecule has 0 aliphatic heterocycles. The molecule has 0 aliphatic carbocycles. The molecular formula is C32H34N4S2. The fourth-order valence-electron chi connectivity index (χ4n) is 4.67. The third kappa shape index (κ3) is 5.24. The fourth-order valence-corrected chi connectivity index (χ4v) is 5.07. The predicted octanol–water partition coefficient (Wildman–Crippen LogP) is 9.31. The van der Waals surface area contributed by atoms with Crippen LogP contribution in [0.5, 0.6) is 0 Å². The van der Waals surface area contributed by atoms with Crippen LogP contribution in [0, 0.1) is 9.28 Å². The van der Waals surface area contributed by atoms with Gasteiger partial charge in [-0.3, -0.25) is 19.6 Å². The minimum atomic E-state index is 0.103. The van der Waals surface area contributed by atoms with Crippen molar-refractivity contribution in [2.75, 3.05) is 0 Å². The van der Waals surface area contributed by atoms with Gasteiger partial charge in [-0.15, -0.1) is 0 Å². The van der Waals surface area contributed by atoms with Crippen LogP contribution in [0.25, 0.3) is 33.9 Å². The van der Waals surface area contributed by atoms with Crippen LogP contribution in [0.15, 0.2) is 84.9 Å². The molecule has 0 atom stereocenters. The Labute approximate surface area is 235 Å². The average Bonchev–Trinajstić information content (AvgIpc) is 3.46. The lowest BCUT2D eigenvalue weighted by Crippen LogP contribution is -2.10. The number of hydrogen-bond acceptors (Lipinski definition) is 2. The summed E-state index contributed by atoms with van der Waals surface area (Å²) in [5.74, 6) is 0. The van der Waals surface area contributed by atoms with E-state index in [1.54, 1.807) is 0 Å². The topological polar surface area (TPSA) is 41.4 Å². The molecule has 0 aliphatic rings. The molecule has 0 saturated heterocycles. The molecule has 0 spiro atoms. The molecule has 6 heteroatoms. The van der Waals surface area contributed by atoms with Gasteiger partial charge in [-0.05, 0) is 40.2 Å². The van der Waals surface area contributed by atoms with E-state index in [4.69, 9.17) is 24.4 Å². The van der Waals surface area contributed by atoms with Gasteiger partial charge in [0.1, 0.15) is 9.28 Å². The summed E-state index contributed by atoms with van der Waals surface area (Å²) in [7, 11) is 0. The van der Waals surface area contributed by atoms with Crippen LogP contribution < -0.4 is 0 Å². The largest absolute Gasteiger partial charge is 0.283 e. The third-order valence-electron chi connectivity index (χ3n) is 6.90. The van der Waals surface area contributed by atoms with Crippen molar-refractivity contribution < 1.29 is 0 Å². The van der Waals surface area contributed by atoms with Gasteiger partial charge in [0.25, 0.3) is 0 Å². The van der Waals surface area contributed by atoms with Gasteiger partial charge in [-0.1, -0.05) is 121 Å². The van der Waals surface area contributed by atoms with Crippen LogP contribution in [0.4, 0.5) is 0 Å². The highest BCUT2D eigenvalue weighted by Gasteiger charge is 2.16. The quantitative estimate of drug-likeness (QED) is 0.224. The predicted molar refractivity (Wildman–Crippen MR) is 164 cm³/mol. The second-order valence-electron chi connectivity index (χ2n) is 11.9. The van der Waals surface area contributed by atoms with Crippen molar-refractivity contribution >= 4 is 24.4 Å². The molecule has 2 aromatic heterocycles. The van der Waals surface area contributed by atoms with Crippen molar-refractivity contribution in [3.8, 4) is 33.9 Å². The van der Waals surface area contributed by atoms with E-state index in [-0.39, 0.29) is 10.8 Å². The first kappa shape index (κ1) is 26.1. The molecule has 0 saturated carbocycles. The van der Waals surface area contributed by atoms with Crippen LogP contribution in [-0.2, 0) is 10.8 Å². The van der Waals surface area contributed by atoms with Crippen molar-refractivity contribution in [3.05, 3.63) is 105 Å². The van der Waals surface area contributed by atoms with Crippen molar-refractivity contribution in [3.63, 3.8) is 0 Å². The smallest absolute Gasteiger partial charge is 0.120 e. The van der Waals surface area contributed by atoms with E-state index in [1.807, 2.05) is 21.5 Å². The van der Waals surface area contributed by atoms with E-state index in [0.29, 0.717) is 9.28 Å². The molecular weight excluding hydrogens is 505 g/mol. The average molecular weight is 539 g/mol. The summed E-state index contributed by atoms with van der Waals surface area (Å²) < 4.78 is 5.47. The number of rotatable bonds is 4. The summed E-state index contributed by atoms with van der Waals surface area (Å²) in [5.41, 5.74) is 9.02. The van der Waals surface area contributed by atoms with Gasteiger partial charge >= 0.3 is 0 Å². The van der Waals surface area contributed by atoms with Gasteiger partial charge in [0.05, 0.1) is 22.8 Å². The van der Waals surface area contributed by atoms with Crippen LogP contribution in [0.2, 0.25) is 0 Å². The van der Waals surface area contributed by atoms with E-state index in [9.17, 15) is 0 Å². The van der Waals surface area contributed by atoms with Gasteiger partial charge in [-0.25, -0.2) is 0 Å². The first-order valence-corrected chi connectivity index (χ1v) is 13.7. The first-order chi connectivity index (χ1) is 17.9. The molecule has 4 nitrogen and oxygen atoms in total. The number of hydrogen-bond donors (Lipinski definition) is 2. The number of nitrogens with one attached hydrogen (secondary N) is 2. The molecule has 0 bridgehead atoms. The van der Waals surface area contributed by atoms with Gasteiger partial charge < -0.3 is 0 Å². The van der Waals surface area contributed by atoms with E-state index < -0.39 is 0 Å². The summed E-state index contributed by atoms with van der Waals surface area (Å²) in [5, 5.41) is 6.69. The Kier molecular flexibility index (Phi) is 6.66. The van der Waals surface area contributed by atoms with E-state index >= 15 is 0 Å². The molecule has 0 unspecified atom stereocenters. The summed E-state index contributed by atoms with van der Waals surface area (Å²) >= 11 is 11.1. The number of H-pyrrole nitrogens is 2. The fraction of sp³-hybridized carbons (Fsp3) is 0.250. The minimum Gasteiger partial charge on any atom is -0.283 e. The minimum absolute atomic E-state index is 0.103. The molecule has 2 N–H and O–H groups in total. The Bertz CT molecular complexity index is 1570. The molecule has 5 rings (SSSR count). The summed E-state index contributed by atoms with van der Waals surface area (Å²) in [6.07, 6.45) is 0. The van der Waals surface area contributed by atoms with Gasteiger partial charge in [-0.2, -0.15) is 0 Å². The maximum absolute atomic E-state index is 5.55. The van der Waals surface area contributed by atoms with Crippen molar-refractivity contribution in [1.29, 1.82) is 0 Å². The standard InChI is InChI=1S/C32H34N4S2/c1-31(2,3)23-14-10-21(11-15-23)27-19-29(37)33-35(27)25-8-7-9-26(18-25)36-28(20-30(38)34-36)22-12-16-24(17-13-22)32(4,5)6/h7-20H,1-6H3,(H,33,37)(H,34,38). The van der Waals surface area contributed by atoms with Crippen molar-refractivity contribution in [1.82, 2.24) is 19.6 Å². The molecule has 5 aromatic rings. The van der Waals surface area contributed by atoms with Crippen molar-refractivity contribution in [2.45, 2.75) is 52.4 Å². The first-order valence-electron chi connectivity index (χ1n) is 12.9. The lowest BCUT2D eigenvalue weighted by Gasteiger charge is -2.19. The van der Waals surface area contributed by atoms with Crippen molar-refractivity contribution in [2.24, 2.45) is 0 Å². The Hall–Kier alpha value is -3.48. The molecule has 2 heterocycles. The Morgan fingerprint density at radius 3 is 1.24 bits per heavy atom. The van der Waals surface area contributed by atoms with E-state index in [0.717, 1.165) is 33.9 Å². The molecule has 0 fully saturated rings. The monoisotopic (exact) mass is 538 g/mol. The van der Waals surface area contributed by atoms with Gasteiger partial charge in [0.2, 0.25) is 0 Å². The molecule has 3 aromatic carbocycles. The Morgan fingerprint density at radius 2 is 0.895 bits per heavy atom. The van der Waals surface area contributed by atoms with E-state index in [2.05, 4.69) is 125 Å². The number of aromatic amines is 2.